The molecule has 0 atom stereocenters. The number of fused-ring (bicyclic) bond motifs is 4. The number of allylic oxidation sites excluding steroid dienone is 2. The van der Waals surface area contributed by atoms with Crippen molar-refractivity contribution in [2.24, 2.45) is 0 Å². The van der Waals surface area contributed by atoms with E-state index in [1.54, 1.807) is 0 Å². The maximum absolute atomic E-state index is 13.7. The summed E-state index contributed by atoms with van der Waals surface area (Å²) in [5.41, 5.74) is 9.54. The summed E-state index contributed by atoms with van der Waals surface area (Å²) in [6.45, 7) is 22.3. The van der Waals surface area contributed by atoms with Crippen LogP contribution in [0, 0.1) is 0 Å². The van der Waals surface area contributed by atoms with E-state index in [1.807, 2.05) is 18.2 Å². The van der Waals surface area contributed by atoms with Crippen LogP contribution in [0.4, 0.5) is 5.69 Å². The lowest BCUT2D eigenvalue weighted by atomic mass is 9.82. The van der Waals surface area contributed by atoms with Crippen LogP contribution in [0.15, 0.2) is 60.7 Å². The molecule has 5 heteroatoms. The van der Waals surface area contributed by atoms with Crippen LogP contribution < -0.4 is 24.8 Å². The summed E-state index contributed by atoms with van der Waals surface area (Å²) < 4.78 is 15.2. The van der Waals surface area contributed by atoms with E-state index in [1.165, 1.54) is 33.3 Å². The molecule has 0 aromatic heterocycles. The smallest absolute Gasteiger partial charge is 0.338 e. The average Bonchev–Trinajstić information content (AvgIpc) is 3.04. The highest BCUT2D eigenvalue weighted by Gasteiger charge is 2.37. The van der Waals surface area contributed by atoms with Gasteiger partial charge >= 0.3 is 5.97 Å². The molecule has 3 heterocycles. The van der Waals surface area contributed by atoms with E-state index >= 15 is 0 Å². The molecule has 246 valence electrons. The second kappa shape index (κ2) is 12.5. The van der Waals surface area contributed by atoms with Crippen molar-refractivity contribution in [3.63, 3.8) is 0 Å². The molecule has 0 unspecified atom stereocenters. The number of carbonyl (C=O) groups is 1. The van der Waals surface area contributed by atoms with Crippen molar-refractivity contribution in [1.29, 1.82) is 0 Å². The summed E-state index contributed by atoms with van der Waals surface area (Å²) in [7, 11) is 0. The first-order valence-electron chi connectivity index (χ1n) is 17.7. The van der Waals surface area contributed by atoms with Crippen LogP contribution in [0.5, 0.6) is 11.5 Å². The molecule has 5 nitrogen and oxygen atoms in total. The SMILES string of the molecule is CCCCOC(=O)c1ccccc1C1=c2cc3c(cc2Oc2cc4c(cc21)C(CC)=CC(C)(C)N4CC)=[N+](CC)C(C)(C)C=C3CC. The first-order valence-corrected chi connectivity index (χ1v) is 17.7. The molecule has 0 fully saturated rings. The van der Waals surface area contributed by atoms with Crippen LogP contribution in [0.1, 0.15) is 121 Å². The van der Waals surface area contributed by atoms with Crippen LogP contribution in [0.3, 0.4) is 0 Å². The summed E-state index contributed by atoms with van der Waals surface area (Å²) in [5, 5.41) is 2.20. The fourth-order valence-electron chi connectivity index (χ4n) is 8.00. The lowest BCUT2D eigenvalue weighted by Gasteiger charge is -2.43. The minimum Gasteiger partial charge on any atom is -0.462 e. The molecule has 3 aliphatic rings. The van der Waals surface area contributed by atoms with Gasteiger partial charge in [0.1, 0.15) is 18.0 Å². The van der Waals surface area contributed by atoms with E-state index in [-0.39, 0.29) is 17.0 Å². The van der Waals surface area contributed by atoms with Gasteiger partial charge in [-0.1, -0.05) is 51.5 Å². The third-order valence-electron chi connectivity index (χ3n) is 10.2. The second-order valence-corrected chi connectivity index (χ2v) is 14.1. The van der Waals surface area contributed by atoms with Crippen LogP contribution in [-0.4, -0.2) is 36.7 Å². The maximum atomic E-state index is 13.7. The number of hydrogen-bond acceptors (Lipinski definition) is 4. The van der Waals surface area contributed by atoms with Gasteiger partial charge in [0, 0.05) is 59.6 Å². The summed E-state index contributed by atoms with van der Waals surface area (Å²) in [6.07, 6.45) is 8.50. The number of hydrogen-bond donors (Lipinski definition) is 0. The number of unbranched alkanes of at least 4 members (excludes halogenated alkanes) is 1. The van der Waals surface area contributed by atoms with Gasteiger partial charge in [0.15, 0.2) is 5.54 Å². The number of anilines is 1. The van der Waals surface area contributed by atoms with Crippen molar-refractivity contribution in [3.05, 3.63) is 99.1 Å². The summed E-state index contributed by atoms with van der Waals surface area (Å²) in [5.74, 6) is 1.35. The number of nitrogens with zero attached hydrogens (tertiary/aromatic N) is 2. The molecule has 0 spiro atoms. The number of benzene rings is 3. The Bertz CT molecular complexity index is 1940. The standard InChI is InChI=1S/C42H51N2O3/c1-10-15-20-46-40(45)30-19-17-16-18-29(30)39-33-21-31-27(11-2)25-41(6,7)43(13-4)35(31)23-37(33)47-38-24-36-32(22-34(38)39)28(12-3)26-42(8,9)44(36)14-5/h16-19,21-26H,10-15,20H2,1-9H3/q+1. The number of carbonyl (C=O) groups excluding carboxylic acids is 1. The Morgan fingerprint density at radius 1 is 0.830 bits per heavy atom. The van der Waals surface area contributed by atoms with Gasteiger partial charge in [-0.25, -0.2) is 9.37 Å². The normalized spacial score (nSPS) is 17.1. The van der Waals surface area contributed by atoms with Crippen molar-refractivity contribution in [1.82, 2.24) is 4.58 Å². The minimum absolute atomic E-state index is 0.121. The van der Waals surface area contributed by atoms with Gasteiger partial charge in [0.25, 0.3) is 0 Å². The Balaban J connectivity index is 1.72. The second-order valence-electron chi connectivity index (χ2n) is 14.1. The van der Waals surface area contributed by atoms with Gasteiger partial charge in [0.05, 0.1) is 23.8 Å². The fourth-order valence-corrected chi connectivity index (χ4v) is 8.00. The summed E-state index contributed by atoms with van der Waals surface area (Å²) in [4.78, 5) is 16.1. The van der Waals surface area contributed by atoms with Crippen LogP contribution in [0.25, 0.3) is 16.7 Å². The van der Waals surface area contributed by atoms with Crippen molar-refractivity contribution < 1.29 is 14.3 Å². The molecule has 6 rings (SSSR count). The third kappa shape index (κ3) is 5.52. The predicted octanol–water partition coefficient (Wildman–Crippen LogP) is 8.51. The highest BCUT2D eigenvalue weighted by molar-refractivity contribution is 6.00. The first kappa shape index (κ1) is 32.8. The molecular formula is C42H51N2O3+. The van der Waals surface area contributed by atoms with Gasteiger partial charge in [-0.05, 0) is 87.9 Å². The molecule has 0 bridgehead atoms. The molecule has 0 aliphatic carbocycles. The first-order chi connectivity index (χ1) is 22.5. The Morgan fingerprint density at radius 3 is 2.23 bits per heavy atom. The molecule has 47 heavy (non-hydrogen) atoms. The third-order valence-corrected chi connectivity index (χ3v) is 10.2. The Kier molecular flexibility index (Phi) is 8.71. The monoisotopic (exact) mass is 631 g/mol. The van der Waals surface area contributed by atoms with E-state index in [0.717, 1.165) is 72.2 Å². The molecule has 0 radical (unpaired) electrons. The molecular weight excluding hydrogens is 580 g/mol. The fraction of sp³-hybridized carbons (Fsp3) is 0.429. The van der Waals surface area contributed by atoms with Gasteiger partial charge < -0.3 is 14.4 Å². The quantitative estimate of drug-likeness (QED) is 0.106. The number of ether oxygens (including phenoxy) is 2. The van der Waals surface area contributed by atoms with Gasteiger partial charge in [-0.15, -0.1) is 0 Å². The highest BCUT2D eigenvalue weighted by atomic mass is 16.5. The van der Waals surface area contributed by atoms with E-state index in [2.05, 4.69) is 114 Å². The van der Waals surface area contributed by atoms with Crippen molar-refractivity contribution in [2.45, 2.75) is 99.1 Å². The Hall–Kier alpha value is -4.12. The lowest BCUT2D eigenvalue weighted by Crippen LogP contribution is -2.49. The summed E-state index contributed by atoms with van der Waals surface area (Å²) in [6, 6.07) is 17.0. The molecule has 0 saturated carbocycles. The van der Waals surface area contributed by atoms with Gasteiger partial charge in [-0.2, -0.15) is 0 Å². The lowest BCUT2D eigenvalue weighted by molar-refractivity contribution is 0.0499. The largest absolute Gasteiger partial charge is 0.462 e. The zero-order valence-electron chi connectivity index (χ0n) is 29.8. The zero-order valence-corrected chi connectivity index (χ0v) is 29.8. The Labute approximate surface area is 280 Å². The van der Waals surface area contributed by atoms with E-state index in [4.69, 9.17) is 9.47 Å². The predicted molar refractivity (Wildman–Crippen MR) is 195 cm³/mol. The van der Waals surface area contributed by atoms with Crippen molar-refractivity contribution in [3.8, 4) is 11.5 Å². The van der Waals surface area contributed by atoms with Crippen LogP contribution in [-0.2, 0) is 4.74 Å². The van der Waals surface area contributed by atoms with E-state index in [9.17, 15) is 4.79 Å². The molecule has 3 aromatic rings. The molecule has 3 aromatic carbocycles. The minimum atomic E-state index is -0.284. The topological polar surface area (TPSA) is 41.8 Å². The molecule has 3 aliphatic heterocycles. The Morgan fingerprint density at radius 2 is 1.55 bits per heavy atom. The van der Waals surface area contributed by atoms with E-state index < -0.39 is 0 Å². The van der Waals surface area contributed by atoms with Gasteiger partial charge in [0.2, 0.25) is 5.36 Å². The van der Waals surface area contributed by atoms with Crippen molar-refractivity contribution in [2.75, 3.05) is 24.6 Å². The molecule has 0 saturated heterocycles. The average molecular weight is 632 g/mol. The number of likely N-dealkylation sites (N-methyl/N-ethyl adjacent to an activating group) is 2. The molecule has 0 N–H and O–H groups in total. The van der Waals surface area contributed by atoms with Crippen LogP contribution in [0.2, 0.25) is 0 Å². The van der Waals surface area contributed by atoms with E-state index in [0.29, 0.717) is 12.2 Å². The number of rotatable bonds is 9. The van der Waals surface area contributed by atoms with Crippen molar-refractivity contribution >= 4 is 28.4 Å². The molecule has 0 amide bonds. The zero-order chi connectivity index (χ0) is 33.7. The van der Waals surface area contributed by atoms with Gasteiger partial charge in [-0.3, -0.25) is 0 Å². The number of esters is 1. The maximum Gasteiger partial charge on any atom is 0.338 e. The highest BCUT2D eigenvalue weighted by Crippen LogP contribution is 2.47. The summed E-state index contributed by atoms with van der Waals surface area (Å²) >= 11 is 0. The van der Waals surface area contributed by atoms with Crippen LogP contribution >= 0.6 is 0 Å².